The molecule has 0 aliphatic carbocycles. The van der Waals surface area contributed by atoms with Crippen molar-refractivity contribution in [2.75, 3.05) is 52.8 Å². The zero-order valence-electron chi connectivity index (χ0n) is 11.8. The molecule has 0 saturated heterocycles. The van der Waals surface area contributed by atoms with Crippen LogP contribution in [0.5, 0.6) is 0 Å². The molecule has 1 heterocycles. The van der Waals surface area contributed by atoms with E-state index < -0.39 is 0 Å². The van der Waals surface area contributed by atoms with E-state index in [9.17, 15) is 4.79 Å². The Bertz CT molecular complexity index is 396. The lowest BCUT2D eigenvalue weighted by atomic mass is 10.3. The number of carbonyl (C=O) groups is 1. The van der Waals surface area contributed by atoms with Gasteiger partial charge in [0.25, 0.3) is 5.91 Å². The number of nitrogens with one attached hydrogen (secondary N) is 2. The maximum Gasteiger partial charge on any atom is 0.269 e. The van der Waals surface area contributed by atoms with Gasteiger partial charge in [0.1, 0.15) is 5.69 Å². The molecular formula is C13H22N4O2. The second-order valence-electron chi connectivity index (χ2n) is 4.41. The lowest BCUT2D eigenvalue weighted by molar-refractivity contribution is 0.0946. The Hall–Kier alpha value is -1.66. The maximum absolute atomic E-state index is 11.9. The van der Waals surface area contributed by atoms with Gasteiger partial charge >= 0.3 is 0 Å². The Kier molecular flexibility index (Phi) is 6.84. The summed E-state index contributed by atoms with van der Waals surface area (Å²) in [5.74, 6) is -0.155. The van der Waals surface area contributed by atoms with E-state index in [1.165, 1.54) is 0 Å². The zero-order chi connectivity index (χ0) is 14.1. The normalized spacial score (nSPS) is 10.5. The summed E-state index contributed by atoms with van der Waals surface area (Å²) < 4.78 is 4.95. The largest absolute Gasteiger partial charge is 0.383 e. The van der Waals surface area contributed by atoms with Crippen LogP contribution in [0.25, 0.3) is 0 Å². The predicted molar refractivity (Wildman–Crippen MR) is 75.5 cm³/mol. The molecule has 1 amide bonds. The molecule has 6 heteroatoms. The third-order valence-corrected chi connectivity index (χ3v) is 2.47. The van der Waals surface area contributed by atoms with Crippen LogP contribution in [0.3, 0.4) is 0 Å². The maximum atomic E-state index is 11.9. The van der Waals surface area contributed by atoms with Crippen LogP contribution >= 0.6 is 0 Å². The highest BCUT2D eigenvalue weighted by Gasteiger charge is 2.07. The van der Waals surface area contributed by atoms with Crippen LogP contribution in [-0.4, -0.2) is 63.2 Å². The van der Waals surface area contributed by atoms with Gasteiger partial charge in [0.05, 0.1) is 6.61 Å². The molecule has 1 rings (SSSR count). The monoisotopic (exact) mass is 266 g/mol. The summed E-state index contributed by atoms with van der Waals surface area (Å²) in [5.41, 5.74) is 1.28. The van der Waals surface area contributed by atoms with Gasteiger partial charge in [-0.25, -0.2) is 0 Å². The zero-order valence-corrected chi connectivity index (χ0v) is 11.8. The number of ether oxygens (including phenoxy) is 1. The molecule has 0 fully saturated rings. The molecule has 0 unspecified atom stereocenters. The number of carbonyl (C=O) groups excluding carboxylic acids is 1. The van der Waals surface area contributed by atoms with Gasteiger partial charge in [-0.1, -0.05) is 0 Å². The highest BCUT2D eigenvalue weighted by atomic mass is 16.5. The van der Waals surface area contributed by atoms with Crippen LogP contribution in [0.15, 0.2) is 18.3 Å². The van der Waals surface area contributed by atoms with Gasteiger partial charge in [-0.3, -0.25) is 9.78 Å². The van der Waals surface area contributed by atoms with Gasteiger partial charge in [-0.15, -0.1) is 0 Å². The smallest absolute Gasteiger partial charge is 0.269 e. The van der Waals surface area contributed by atoms with Crippen LogP contribution in [-0.2, 0) is 4.74 Å². The first-order valence-corrected chi connectivity index (χ1v) is 6.25. The van der Waals surface area contributed by atoms with E-state index in [-0.39, 0.29) is 5.91 Å². The van der Waals surface area contributed by atoms with Gasteiger partial charge in [0, 0.05) is 38.6 Å². The first-order chi connectivity index (χ1) is 9.13. The topological polar surface area (TPSA) is 66.5 Å². The molecular weight excluding hydrogens is 244 g/mol. The van der Waals surface area contributed by atoms with Gasteiger partial charge in [-0.05, 0) is 26.2 Å². The van der Waals surface area contributed by atoms with Crippen molar-refractivity contribution in [1.29, 1.82) is 0 Å². The first-order valence-electron chi connectivity index (χ1n) is 6.25. The van der Waals surface area contributed by atoms with E-state index in [1.807, 2.05) is 25.1 Å². The molecule has 1 aromatic heterocycles. The number of likely N-dealkylation sites (N-methyl/N-ethyl adjacent to an activating group) is 1. The molecule has 19 heavy (non-hydrogen) atoms. The Morgan fingerprint density at radius 2 is 2.21 bits per heavy atom. The van der Waals surface area contributed by atoms with Crippen molar-refractivity contribution in [1.82, 2.24) is 15.2 Å². The minimum Gasteiger partial charge on any atom is -0.383 e. The lowest BCUT2D eigenvalue weighted by Gasteiger charge is -2.11. The number of anilines is 1. The summed E-state index contributed by atoms with van der Waals surface area (Å²) in [4.78, 5) is 17.9. The summed E-state index contributed by atoms with van der Waals surface area (Å²) in [5, 5.41) is 5.99. The summed E-state index contributed by atoms with van der Waals surface area (Å²) in [7, 11) is 5.58. The molecule has 0 radical (unpaired) electrons. The second-order valence-corrected chi connectivity index (χ2v) is 4.41. The van der Waals surface area contributed by atoms with Crippen molar-refractivity contribution in [2.45, 2.75) is 0 Å². The third-order valence-electron chi connectivity index (χ3n) is 2.47. The average Bonchev–Trinajstić information content (AvgIpc) is 2.39. The molecule has 0 atom stereocenters. The molecule has 0 bridgehead atoms. The molecule has 106 valence electrons. The second kappa shape index (κ2) is 8.44. The van der Waals surface area contributed by atoms with Crippen LogP contribution in [0, 0.1) is 0 Å². The van der Waals surface area contributed by atoms with E-state index in [0.29, 0.717) is 25.4 Å². The number of hydrogen-bond acceptors (Lipinski definition) is 5. The lowest BCUT2D eigenvalue weighted by Crippen LogP contribution is -2.31. The highest BCUT2D eigenvalue weighted by molar-refractivity contribution is 5.93. The number of nitrogens with zero attached hydrogens (tertiary/aromatic N) is 2. The van der Waals surface area contributed by atoms with Crippen molar-refractivity contribution in [3.63, 3.8) is 0 Å². The average molecular weight is 266 g/mol. The van der Waals surface area contributed by atoms with Crippen LogP contribution in [0.4, 0.5) is 5.69 Å². The molecule has 0 saturated carbocycles. The van der Waals surface area contributed by atoms with Crippen molar-refractivity contribution < 1.29 is 9.53 Å². The standard InChI is InChI=1S/C13H22N4O2/c1-17(2)8-6-16-13(18)12-10-11(4-5-15-12)14-7-9-19-3/h4-5,10H,6-9H2,1-3H3,(H,14,15)(H,16,18). The van der Waals surface area contributed by atoms with Gasteiger partial charge in [0.15, 0.2) is 0 Å². The van der Waals surface area contributed by atoms with E-state index >= 15 is 0 Å². The van der Waals surface area contributed by atoms with Crippen LogP contribution in [0.2, 0.25) is 0 Å². The molecule has 0 aromatic carbocycles. The van der Waals surface area contributed by atoms with E-state index in [4.69, 9.17) is 4.74 Å². The Morgan fingerprint density at radius 3 is 2.89 bits per heavy atom. The van der Waals surface area contributed by atoms with Gasteiger partial charge < -0.3 is 20.3 Å². The Labute approximate surface area is 114 Å². The summed E-state index contributed by atoms with van der Waals surface area (Å²) in [6.07, 6.45) is 1.62. The quantitative estimate of drug-likeness (QED) is 0.668. The number of rotatable bonds is 8. The van der Waals surface area contributed by atoms with Gasteiger partial charge in [0.2, 0.25) is 0 Å². The molecule has 0 spiro atoms. The van der Waals surface area contributed by atoms with Crippen molar-refractivity contribution >= 4 is 11.6 Å². The fourth-order valence-electron chi connectivity index (χ4n) is 1.45. The molecule has 1 aromatic rings. The number of pyridine rings is 1. The number of methoxy groups -OCH3 is 1. The molecule has 0 aliphatic rings. The van der Waals surface area contributed by atoms with Crippen LogP contribution in [0.1, 0.15) is 10.5 Å². The van der Waals surface area contributed by atoms with E-state index in [2.05, 4.69) is 15.6 Å². The summed E-state index contributed by atoms with van der Waals surface area (Å²) in [6, 6.07) is 3.56. The minimum atomic E-state index is -0.155. The van der Waals surface area contributed by atoms with E-state index in [1.54, 1.807) is 19.4 Å². The number of amides is 1. The highest BCUT2D eigenvalue weighted by Crippen LogP contribution is 2.07. The molecule has 0 aliphatic heterocycles. The van der Waals surface area contributed by atoms with Crippen molar-refractivity contribution in [3.8, 4) is 0 Å². The van der Waals surface area contributed by atoms with Crippen molar-refractivity contribution in [2.24, 2.45) is 0 Å². The summed E-state index contributed by atoms with van der Waals surface area (Å²) in [6.45, 7) is 2.72. The number of aromatic nitrogens is 1. The first kappa shape index (κ1) is 15.4. The van der Waals surface area contributed by atoms with Crippen molar-refractivity contribution in [3.05, 3.63) is 24.0 Å². The minimum absolute atomic E-state index is 0.155. The molecule has 6 nitrogen and oxygen atoms in total. The fourth-order valence-corrected chi connectivity index (χ4v) is 1.45. The summed E-state index contributed by atoms with van der Waals surface area (Å²) >= 11 is 0. The SMILES string of the molecule is COCCNc1ccnc(C(=O)NCCN(C)C)c1. The fraction of sp³-hybridized carbons (Fsp3) is 0.538. The molecule has 2 N–H and O–H groups in total. The third kappa shape index (κ3) is 6.17. The van der Waals surface area contributed by atoms with Crippen LogP contribution < -0.4 is 10.6 Å². The van der Waals surface area contributed by atoms with Gasteiger partial charge in [-0.2, -0.15) is 0 Å². The Balaban J connectivity index is 2.48. The van der Waals surface area contributed by atoms with E-state index in [0.717, 1.165) is 12.2 Å². The predicted octanol–water partition coefficient (Wildman–Crippen LogP) is 0.431. The Morgan fingerprint density at radius 1 is 1.42 bits per heavy atom. The number of hydrogen-bond donors (Lipinski definition) is 2.